The van der Waals surface area contributed by atoms with Gasteiger partial charge in [-0.1, -0.05) is 0 Å². The monoisotopic (exact) mass is 246 g/mol. The highest BCUT2D eigenvalue weighted by molar-refractivity contribution is 7.98. The van der Waals surface area contributed by atoms with Gasteiger partial charge in [0.15, 0.2) is 0 Å². The normalized spacial score (nSPS) is 26.6. The molecule has 0 bridgehead atoms. The number of rotatable bonds is 6. The molecule has 1 rings (SSSR count). The molecule has 4 heteroatoms. The first-order chi connectivity index (χ1) is 7.53. The van der Waals surface area contributed by atoms with Crippen molar-refractivity contribution >= 4 is 11.8 Å². The Morgan fingerprint density at radius 1 is 1.56 bits per heavy atom. The van der Waals surface area contributed by atoms with Gasteiger partial charge in [0.25, 0.3) is 0 Å². The van der Waals surface area contributed by atoms with Crippen LogP contribution >= 0.6 is 11.8 Å². The molecule has 0 spiro atoms. The van der Waals surface area contributed by atoms with E-state index >= 15 is 0 Å². The molecular weight excluding hydrogens is 220 g/mol. The van der Waals surface area contributed by atoms with Gasteiger partial charge in [-0.3, -0.25) is 0 Å². The van der Waals surface area contributed by atoms with Gasteiger partial charge < -0.3 is 15.3 Å². The Hall–Kier alpha value is 0.230. The third kappa shape index (κ3) is 5.53. The van der Waals surface area contributed by atoms with E-state index in [1.54, 1.807) is 11.8 Å². The van der Waals surface area contributed by atoms with Gasteiger partial charge in [0.05, 0.1) is 5.60 Å². The molecule has 1 saturated heterocycles. The van der Waals surface area contributed by atoms with Crippen LogP contribution < -0.4 is 5.32 Å². The second-order valence-corrected chi connectivity index (χ2v) is 6.20. The molecule has 0 saturated carbocycles. The van der Waals surface area contributed by atoms with Gasteiger partial charge >= 0.3 is 0 Å². The molecule has 0 amide bonds. The van der Waals surface area contributed by atoms with Gasteiger partial charge in [-0.2, -0.15) is 11.8 Å². The van der Waals surface area contributed by atoms with Crippen molar-refractivity contribution in [3.8, 4) is 0 Å². The van der Waals surface area contributed by atoms with E-state index in [1.165, 1.54) is 25.9 Å². The van der Waals surface area contributed by atoms with Crippen LogP contribution in [0, 0.1) is 5.92 Å². The van der Waals surface area contributed by atoms with Crippen molar-refractivity contribution in [1.29, 1.82) is 0 Å². The first kappa shape index (κ1) is 14.3. The number of nitrogens with zero attached hydrogens (tertiary/aromatic N) is 1. The molecule has 0 radical (unpaired) electrons. The van der Waals surface area contributed by atoms with Crippen molar-refractivity contribution in [3.05, 3.63) is 0 Å². The van der Waals surface area contributed by atoms with Crippen molar-refractivity contribution in [3.63, 3.8) is 0 Å². The largest absolute Gasteiger partial charge is 0.388 e. The summed E-state index contributed by atoms with van der Waals surface area (Å²) in [5.41, 5.74) is -0.569. The molecule has 0 aromatic carbocycles. The Kier molecular flexibility index (Phi) is 6.11. The van der Waals surface area contributed by atoms with Crippen LogP contribution in [0.2, 0.25) is 0 Å². The fourth-order valence-corrected chi connectivity index (χ4v) is 3.07. The molecule has 0 aromatic rings. The van der Waals surface area contributed by atoms with E-state index in [-0.39, 0.29) is 0 Å². The lowest BCUT2D eigenvalue weighted by Crippen LogP contribution is -2.44. The topological polar surface area (TPSA) is 35.5 Å². The van der Waals surface area contributed by atoms with E-state index < -0.39 is 5.60 Å². The van der Waals surface area contributed by atoms with E-state index in [0.717, 1.165) is 18.2 Å². The Morgan fingerprint density at radius 3 is 2.94 bits per heavy atom. The summed E-state index contributed by atoms with van der Waals surface area (Å²) < 4.78 is 0. The summed E-state index contributed by atoms with van der Waals surface area (Å²) in [4.78, 5) is 2.40. The molecule has 0 aromatic heterocycles. The maximum absolute atomic E-state index is 10.0. The van der Waals surface area contributed by atoms with E-state index in [2.05, 4.69) is 17.3 Å². The molecular formula is C12H26N2OS. The number of hydrogen-bond donors (Lipinski definition) is 2. The number of piperidine rings is 1. The third-order valence-electron chi connectivity index (χ3n) is 3.12. The first-order valence-electron chi connectivity index (χ1n) is 6.14. The molecule has 1 heterocycles. The summed E-state index contributed by atoms with van der Waals surface area (Å²) in [6, 6.07) is 0. The Labute approximate surface area is 104 Å². The third-order valence-corrected chi connectivity index (χ3v) is 4.03. The number of hydrogen-bond acceptors (Lipinski definition) is 4. The highest BCUT2D eigenvalue weighted by Crippen LogP contribution is 2.14. The van der Waals surface area contributed by atoms with Gasteiger partial charge in [0.2, 0.25) is 0 Å². The van der Waals surface area contributed by atoms with Gasteiger partial charge in [-0.15, -0.1) is 0 Å². The number of likely N-dealkylation sites (tertiary alicyclic amines) is 1. The Morgan fingerprint density at radius 2 is 2.31 bits per heavy atom. The van der Waals surface area contributed by atoms with Gasteiger partial charge in [0.1, 0.15) is 0 Å². The molecule has 2 atom stereocenters. The number of aliphatic hydroxyl groups is 1. The highest BCUT2D eigenvalue weighted by atomic mass is 32.2. The second-order valence-electron chi connectivity index (χ2n) is 5.33. The highest BCUT2D eigenvalue weighted by Gasteiger charge is 2.21. The summed E-state index contributed by atoms with van der Waals surface area (Å²) in [7, 11) is 2.19. The fourth-order valence-electron chi connectivity index (χ4n) is 2.35. The molecule has 96 valence electrons. The van der Waals surface area contributed by atoms with E-state index in [1.807, 2.05) is 13.2 Å². The predicted molar refractivity (Wildman–Crippen MR) is 72.1 cm³/mol. The van der Waals surface area contributed by atoms with Crippen LogP contribution in [0.4, 0.5) is 0 Å². The van der Waals surface area contributed by atoms with Crippen molar-refractivity contribution in [2.75, 3.05) is 45.2 Å². The first-order valence-corrected chi connectivity index (χ1v) is 7.53. The van der Waals surface area contributed by atoms with Crippen LogP contribution in [0.15, 0.2) is 0 Å². The van der Waals surface area contributed by atoms with Crippen molar-refractivity contribution in [2.24, 2.45) is 5.92 Å². The standard InChI is InChI=1S/C12H26N2OS/c1-12(15,10-16-3)9-13-7-11-5-4-6-14(2)8-11/h11,13,15H,4-10H2,1-3H3. The van der Waals surface area contributed by atoms with Crippen LogP contribution in [0.5, 0.6) is 0 Å². The average molecular weight is 246 g/mol. The summed E-state index contributed by atoms with van der Waals surface area (Å²) >= 11 is 1.70. The predicted octanol–water partition coefficient (Wildman–Crippen LogP) is 1.03. The smallest absolute Gasteiger partial charge is 0.0833 e. The summed E-state index contributed by atoms with van der Waals surface area (Å²) in [5, 5.41) is 13.4. The van der Waals surface area contributed by atoms with Crippen molar-refractivity contribution < 1.29 is 5.11 Å². The maximum Gasteiger partial charge on any atom is 0.0833 e. The molecule has 2 N–H and O–H groups in total. The molecule has 0 aliphatic carbocycles. The summed E-state index contributed by atoms with van der Waals surface area (Å²) in [6.07, 6.45) is 4.66. The lowest BCUT2D eigenvalue weighted by atomic mass is 9.98. The summed E-state index contributed by atoms with van der Waals surface area (Å²) in [6.45, 7) is 6.07. The molecule has 16 heavy (non-hydrogen) atoms. The number of thioether (sulfide) groups is 1. The van der Waals surface area contributed by atoms with E-state index in [0.29, 0.717) is 6.54 Å². The zero-order valence-corrected chi connectivity index (χ0v) is 11.6. The lowest BCUT2D eigenvalue weighted by Gasteiger charge is -2.31. The van der Waals surface area contributed by atoms with Crippen LogP contribution in [0.1, 0.15) is 19.8 Å². The average Bonchev–Trinajstić information content (AvgIpc) is 2.17. The van der Waals surface area contributed by atoms with Crippen LogP contribution in [-0.4, -0.2) is 60.8 Å². The van der Waals surface area contributed by atoms with E-state index in [4.69, 9.17) is 0 Å². The summed E-state index contributed by atoms with van der Waals surface area (Å²) in [5.74, 6) is 1.55. The van der Waals surface area contributed by atoms with Crippen molar-refractivity contribution in [1.82, 2.24) is 10.2 Å². The minimum absolute atomic E-state index is 0.569. The second kappa shape index (κ2) is 6.84. The molecule has 3 nitrogen and oxygen atoms in total. The van der Waals surface area contributed by atoms with Gasteiger partial charge in [-0.05, 0) is 52.1 Å². The number of nitrogens with one attached hydrogen (secondary N) is 1. The Bertz CT molecular complexity index is 199. The van der Waals surface area contributed by atoms with Crippen molar-refractivity contribution in [2.45, 2.75) is 25.4 Å². The fraction of sp³-hybridized carbons (Fsp3) is 1.00. The lowest BCUT2D eigenvalue weighted by molar-refractivity contribution is 0.0819. The molecule has 2 unspecified atom stereocenters. The quantitative estimate of drug-likeness (QED) is 0.734. The zero-order chi connectivity index (χ0) is 12.0. The zero-order valence-electron chi connectivity index (χ0n) is 10.8. The Balaban J connectivity index is 2.14. The van der Waals surface area contributed by atoms with Crippen LogP contribution in [-0.2, 0) is 0 Å². The molecule has 1 aliphatic rings. The molecule has 1 fully saturated rings. The molecule has 1 aliphatic heterocycles. The van der Waals surface area contributed by atoms with E-state index in [9.17, 15) is 5.11 Å². The minimum atomic E-state index is -0.569. The van der Waals surface area contributed by atoms with Gasteiger partial charge in [0, 0.05) is 18.8 Å². The van der Waals surface area contributed by atoms with Crippen LogP contribution in [0.25, 0.3) is 0 Å². The maximum atomic E-state index is 10.0. The SMILES string of the molecule is CSCC(C)(O)CNCC1CCCN(C)C1. The van der Waals surface area contributed by atoms with Gasteiger partial charge in [-0.25, -0.2) is 0 Å². The minimum Gasteiger partial charge on any atom is -0.388 e. The van der Waals surface area contributed by atoms with Crippen LogP contribution in [0.3, 0.4) is 0 Å².